The highest BCUT2D eigenvalue weighted by Crippen LogP contribution is 2.49. The molecule has 6 heteroatoms. The molecule has 7 rings (SSSR count). The minimum atomic E-state index is 0.789. The Balaban J connectivity index is 1.38. The molecule has 0 aromatic carbocycles. The van der Waals surface area contributed by atoms with E-state index in [9.17, 15) is 0 Å². The van der Waals surface area contributed by atoms with Crippen molar-refractivity contribution >= 4 is 64.7 Å². The second-order valence-corrected chi connectivity index (χ2v) is 12.3. The van der Waals surface area contributed by atoms with Gasteiger partial charge in [-0.2, -0.15) is 0 Å². The highest BCUT2D eigenvalue weighted by molar-refractivity contribution is 7.23. The first kappa shape index (κ1) is 20.1. The second kappa shape index (κ2) is 7.11. The predicted octanol–water partition coefficient (Wildman–Crippen LogP) is 8.83. The van der Waals surface area contributed by atoms with Crippen molar-refractivity contribution in [1.82, 2.24) is 13.7 Å². The second-order valence-electron chi connectivity index (χ2n) is 9.27. The fraction of sp³-hybridized carbons (Fsp3) is 0.333. The number of aromatic nitrogens is 3. The van der Waals surface area contributed by atoms with Crippen molar-refractivity contribution in [3.63, 3.8) is 0 Å². The van der Waals surface area contributed by atoms with E-state index in [-0.39, 0.29) is 0 Å². The van der Waals surface area contributed by atoms with Gasteiger partial charge >= 0.3 is 0 Å². The van der Waals surface area contributed by atoms with Gasteiger partial charge in [-0.1, -0.05) is 0 Å². The summed E-state index contributed by atoms with van der Waals surface area (Å²) in [5.41, 5.74) is 9.88. The molecule has 6 heterocycles. The Morgan fingerprint density at radius 1 is 0.939 bits per heavy atom. The third-order valence-corrected chi connectivity index (χ3v) is 10.7. The summed E-state index contributed by atoms with van der Waals surface area (Å²) >= 11 is 5.79. The third-order valence-electron chi connectivity index (χ3n) is 7.37. The van der Waals surface area contributed by atoms with Gasteiger partial charge in [0, 0.05) is 26.3 Å². The van der Waals surface area contributed by atoms with Gasteiger partial charge in [0.1, 0.15) is 0 Å². The van der Waals surface area contributed by atoms with E-state index < -0.39 is 0 Å². The summed E-state index contributed by atoms with van der Waals surface area (Å²) in [6, 6.07) is 9.48. The number of aryl methyl sites for hydroxylation is 4. The molecular weight excluding hydrogens is 463 g/mol. The lowest BCUT2D eigenvalue weighted by Gasteiger charge is -2.06. The van der Waals surface area contributed by atoms with E-state index in [1.165, 1.54) is 70.2 Å². The number of hydrogen-bond acceptors (Lipinski definition) is 3. The van der Waals surface area contributed by atoms with Crippen molar-refractivity contribution in [3.8, 4) is 21.1 Å². The molecule has 6 aromatic rings. The fourth-order valence-corrected chi connectivity index (χ4v) is 8.97. The van der Waals surface area contributed by atoms with Crippen molar-refractivity contribution < 1.29 is 0 Å². The van der Waals surface area contributed by atoms with Gasteiger partial charge in [-0.3, -0.25) is 0 Å². The molecule has 1 aliphatic rings. The lowest BCUT2D eigenvalue weighted by molar-refractivity contribution is 0.792. The van der Waals surface area contributed by atoms with Crippen LogP contribution in [0.25, 0.3) is 51.8 Å². The Kier molecular flexibility index (Phi) is 4.34. The van der Waals surface area contributed by atoms with Crippen LogP contribution in [-0.4, -0.2) is 13.7 Å². The molecule has 6 aromatic heterocycles. The van der Waals surface area contributed by atoms with Crippen molar-refractivity contribution in [3.05, 3.63) is 47.0 Å². The number of fused-ring (bicyclic) bond motifs is 3. The largest absolute Gasteiger partial charge is 0.347 e. The zero-order valence-electron chi connectivity index (χ0n) is 19.4. The molecule has 0 N–H and O–H groups in total. The molecule has 0 radical (unpaired) electrons. The van der Waals surface area contributed by atoms with Crippen LogP contribution in [0.3, 0.4) is 0 Å². The zero-order chi connectivity index (χ0) is 22.4. The summed E-state index contributed by atoms with van der Waals surface area (Å²) < 4.78 is 11.7. The average Bonchev–Trinajstić information content (AvgIpc) is 3.26. The van der Waals surface area contributed by atoms with Crippen LogP contribution in [0.2, 0.25) is 0 Å². The van der Waals surface area contributed by atoms with Crippen molar-refractivity contribution in [1.29, 1.82) is 0 Å². The van der Waals surface area contributed by atoms with Crippen LogP contribution in [0.1, 0.15) is 43.7 Å². The van der Waals surface area contributed by atoms with Gasteiger partial charge < -0.3 is 13.7 Å². The molecule has 1 aliphatic carbocycles. The van der Waals surface area contributed by atoms with E-state index in [2.05, 4.69) is 77.4 Å². The first-order valence-electron chi connectivity index (χ1n) is 11.9. The van der Waals surface area contributed by atoms with Gasteiger partial charge in [0.05, 0.1) is 51.8 Å². The molecule has 168 valence electrons. The monoisotopic (exact) mass is 489 g/mol. The van der Waals surface area contributed by atoms with Gasteiger partial charge in [-0.15, -0.1) is 34.0 Å². The molecule has 3 nitrogen and oxygen atoms in total. The third kappa shape index (κ3) is 2.77. The lowest BCUT2D eigenvalue weighted by atomic mass is 10.2. The van der Waals surface area contributed by atoms with Crippen LogP contribution < -0.4 is 0 Å². The zero-order valence-corrected chi connectivity index (χ0v) is 21.9. The Morgan fingerprint density at radius 2 is 1.73 bits per heavy atom. The highest BCUT2D eigenvalue weighted by atomic mass is 32.1. The van der Waals surface area contributed by atoms with E-state index in [4.69, 9.17) is 0 Å². The van der Waals surface area contributed by atoms with Crippen LogP contribution in [-0.2, 0) is 20.1 Å². The molecule has 0 saturated heterocycles. The molecule has 0 bridgehead atoms. The van der Waals surface area contributed by atoms with E-state index in [0.29, 0.717) is 0 Å². The topological polar surface area (TPSA) is 14.8 Å². The maximum atomic E-state index is 2.46. The molecular formula is C27H27N3S3. The molecule has 33 heavy (non-hydrogen) atoms. The van der Waals surface area contributed by atoms with Gasteiger partial charge in [0.25, 0.3) is 0 Å². The normalized spacial score (nSPS) is 14.5. The van der Waals surface area contributed by atoms with E-state index in [1.807, 2.05) is 34.0 Å². The number of nitrogens with zero attached hydrogens (tertiary/aromatic N) is 3. The van der Waals surface area contributed by atoms with Gasteiger partial charge in [0.2, 0.25) is 0 Å². The minimum Gasteiger partial charge on any atom is -0.347 e. The number of thiophene rings is 3. The summed E-state index contributed by atoms with van der Waals surface area (Å²) in [6.07, 6.45) is 5.13. The van der Waals surface area contributed by atoms with Gasteiger partial charge in [-0.05, 0) is 80.3 Å². The molecule has 0 amide bonds. The van der Waals surface area contributed by atoms with Gasteiger partial charge in [0.15, 0.2) is 0 Å². The van der Waals surface area contributed by atoms with Crippen LogP contribution in [0.5, 0.6) is 0 Å². The number of hydrogen-bond donors (Lipinski definition) is 0. The maximum Gasteiger partial charge on any atom is 0.0629 e. The average molecular weight is 490 g/mol. The van der Waals surface area contributed by atoms with E-state index in [1.54, 1.807) is 5.56 Å². The van der Waals surface area contributed by atoms with E-state index in [0.717, 1.165) is 19.0 Å². The van der Waals surface area contributed by atoms with Crippen LogP contribution in [0.15, 0.2) is 35.8 Å². The molecule has 0 unspecified atom stereocenters. The minimum absolute atomic E-state index is 0.789. The molecule has 1 saturated carbocycles. The Hall–Kier alpha value is -2.28. The summed E-state index contributed by atoms with van der Waals surface area (Å²) in [5, 5.41) is 2.20. The van der Waals surface area contributed by atoms with Gasteiger partial charge in [-0.25, -0.2) is 0 Å². The predicted molar refractivity (Wildman–Crippen MR) is 146 cm³/mol. The van der Waals surface area contributed by atoms with Crippen LogP contribution >= 0.6 is 34.0 Å². The van der Waals surface area contributed by atoms with E-state index >= 15 is 0 Å². The standard InChI is InChI=1S/C27H27N3S3/c1-5-29-14-17(16-7-8-16)27-21(29)13-24(33-27)25-15(3)26-20(28(25)4)12-23(32-26)19-11-22-18(9-10-31-22)30(19)6-2/h9-14,16H,5-8H2,1-4H3. The summed E-state index contributed by atoms with van der Waals surface area (Å²) in [4.78, 5) is 2.78. The number of rotatable bonds is 5. The molecule has 0 spiro atoms. The Bertz CT molecular complexity index is 1630. The molecule has 1 fully saturated rings. The Labute approximate surface area is 205 Å². The summed E-state index contributed by atoms with van der Waals surface area (Å²) in [5.74, 6) is 0.789. The SMILES string of the molecule is CCn1cc(C2CC2)c2sc(-c3c(C)c4sc(-c5cc6sccc6n5CC)cc4n3C)cc21. The first-order chi connectivity index (χ1) is 16.1. The van der Waals surface area contributed by atoms with Crippen molar-refractivity contribution in [2.45, 2.75) is 52.6 Å². The molecule has 0 atom stereocenters. The first-order valence-corrected chi connectivity index (χ1v) is 14.4. The van der Waals surface area contributed by atoms with Crippen molar-refractivity contribution in [2.24, 2.45) is 7.05 Å². The summed E-state index contributed by atoms with van der Waals surface area (Å²) in [6.45, 7) is 8.86. The Morgan fingerprint density at radius 3 is 2.45 bits per heavy atom. The highest BCUT2D eigenvalue weighted by Gasteiger charge is 2.29. The maximum absolute atomic E-state index is 2.46. The summed E-state index contributed by atoms with van der Waals surface area (Å²) in [7, 11) is 2.25. The smallest absolute Gasteiger partial charge is 0.0629 e. The van der Waals surface area contributed by atoms with Crippen LogP contribution in [0.4, 0.5) is 0 Å². The van der Waals surface area contributed by atoms with Crippen LogP contribution in [0, 0.1) is 6.92 Å². The quantitative estimate of drug-likeness (QED) is 0.230. The lowest BCUT2D eigenvalue weighted by Crippen LogP contribution is -1.95. The fourth-order valence-electron chi connectivity index (χ4n) is 5.54. The van der Waals surface area contributed by atoms with Crippen molar-refractivity contribution in [2.75, 3.05) is 0 Å². The molecule has 0 aliphatic heterocycles.